The largest absolute Gasteiger partial charge is 0.399 e. The van der Waals surface area contributed by atoms with Crippen molar-refractivity contribution in [3.8, 4) is 6.07 Å². The first-order valence-electron chi connectivity index (χ1n) is 6.83. The molecule has 2 N–H and O–H groups in total. The molecule has 0 fully saturated rings. The van der Waals surface area contributed by atoms with Crippen LogP contribution in [0, 0.1) is 18.3 Å². The second kappa shape index (κ2) is 5.79. The van der Waals surface area contributed by atoms with Crippen molar-refractivity contribution in [2.45, 2.75) is 33.2 Å². The summed E-state index contributed by atoms with van der Waals surface area (Å²) in [6.45, 7) is 6.96. The van der Waals surface area contributed by atoms with Crippen molar-refractivity contribution in [1.82, 2.24) is 4.98 Å². The van der Waals surface area contributed by atoms with Gasteiger partial charge in [-0.3, -0.25) is 4.98 Å². The van der Waals surface area contributed by atoms with Crippen molar-refractivity contribution < 1.29 is 0 Å². The Bertz CT molecular complexity index is 655. The molecule has 0 aliphatic carbocycles. The van der Waals surface area contributed by atoms with Gasteiger partial charge in [0.05, 0.1) is 18.0 Å². The highest BCUT2D eigenvalue weighted by Crippen LogP contribution is 2.29. The van der Waals surface area contributed by atoms with Crippen LogP contribution in [0.4, 0.5) is 11.4 Å². The van der Waals surface area contributed by atoms with Gasteiger partial charge in [0.1, 0.15) is 0 Å². The molecule has 0 spiro atoms. The Morgan fingerprint density at radius 1 is 1.35 bits per heavy atom. The van der Waals surface area contributed by atoms with Crippen LogP contribution >= 0.6 is 0 Å². The number of nitrogens with zero attached hydrogens (tertiary/aromatic N) is 3. The lowest BCUT2D eigenvalue weighted by Crippen LogP contribution is -2.31. The molecule has 0 aliphatic heterocycles. The van der Waals surface area contributed by atoms with Crippen LogP contribution in [0.5, 0.6) is 0 Å². The minimum absolute atomic E-state index is 0.315. The fraction of sp³-hybridized carbons (Fsp3) is 0.375. The smallest absolute Gasteiger partial charge is 0.0727 e. The zero-order valence-corrected chi connectivity index (χ0v) is 12.2. The summed E-state index contributed by atoms with van der Waals surface area (Å²) >= 11 is 0. The van der Waals surface area contributed by atoms with Gasteiger partial charge in [-0.05, 0) is 45.0 Å². The molecule has 1 heterocycles. The van der Waals surface area contributed by atoms with Gasteiger partial charge in [0.25, 0.3) is 0 Å². The monoisotopic (exact) mass is 268 g/mol. The van der Waals surface area contributed by atoms with E-state index in [1.807, 2.05) is 25.1 Å². The molecule has 2 rings (SSSR count). The Morgan fingerprint density at radius 3 is 2.75 bits per heavy atom. The SMILES string of the molecule is Cc1cc(N(CCC#N)C(C)C)c2cc(N)ccc2n1. The molecule has 104 valence electrons. The first-order valence-corrected chi connectivity index (χ1v) is 6.83. The number of nitriles is 1. The van der Waals surface area contributed by atoms with Gasteiger partial charge >= 0.3 is 0 Å². The second-order valence-electron chi connectivity index (χ2n) is 5.25. The summed E-state index contributed by atoms with van der Waals surface area (Å²) in [6, 6.07) is 10.4. The lowest BCUT2D eigenvalue weighted by molar-refractivity contribution is 0.688. The Hall–Kier alpha value is -2.28. The number of hydrogen-bond donors (Lipinski definition) is 1. The van der Waals surface area contributed by atoms with E-state index < -0.39 is 0 Å². The van der Waals surface area contributed by atoms with Crippen molar-refractivity contribution in [2.75, 3.05) is 17.2 Å². The molecule has 0 unspecified atom stereocenters. The van der Waals surface area contributed by atoms with Crippen LogP contribution < -0.4 is 10.6 Å². The highest BCUT2D eigenvalue weighted by Gasteiger charge is 2.15. The number of hydrogen-bond acceptors (Lipinski definition) is 4. The van der Waals surface area contributed by atoms with Gasteiger partial charge in [-0.1, -0.05) is 0 Å². The van der Waals surface area contributed by atoms with E-state index in [2.05, 4.69) is 35.9 Å². The lowest BCUT2D eigenvalue weighted by Gasteiger charge is -2.29. The summed E-state index contributed by atoms with van der Waals surface area (Å²) in [5.74, 6) is 0. The number of anilines is 2. The van der Waals surface area contributed by atoms with E-state index in [0.717, 1.165) is 28.0 Å². The molecule has 1 aromatic carbocycles. The van der Waals surface area contributed by atoms with Gasteiger partial charge < -0.3 is 10.6 Å². The van der Waals surface area contributed by atoms with Gasteiger partial charge in [0.15, 0.2) is 0 Å². The maximum absolute atomic E-state index is 8.85. The molecule has 0 bridgehead atoms. The molecular weight excluding hydrogens is 248 g/mol. The molecule has 20 heavy (non-hydrogen) atoms. The number of aromatic nitrogens is 1. The van der Waals surface area contributed by atoms with Crippen LogP contribution in [0.2, 0.25) is 0 Å². The molecule has 4 nitrogen and oxygen atoms in total. The third-order valence-electron chi connectivity index (χ3n) is 3.34. The molecule has 1 aromatic heterocycles. The van der Waals surface area contributed by atoms with Crippen molar-refractivity contribution in [1.29, 1.82) is 5.26 Å². The van der Waals surface area contributed by atoms with E-state index in [9.17, 15) is 0 Å². The minimum Gasteiger partial charge on any atom is -0.399 e. The van der Waals surface area contributed by atoms with Crippen molar-refractivity contribution in [2.24, 2.45) is 0 Å². The molecule has 0 amide bonds. The predicted octanol–water partition coefficient (Wildman–Crippen LogP) is 3.25. The summed E-state index contributed by atoms with van der Waals surface area (Å²) in [6.07, 6.45) is 0.503. The Morgan fingerprint density at radius 2 is 2.10 bits per heavy atom. The third kappa shape index (κ3) is 2.83. The summed E-state index contributed by atoms with van der Waals surface area (Å²) in [5, 5.41) is 9.89. The van der Waals surface area contributed by atoms with E-state index in [4.69, 9.17) is 11.0 Å². The normalized spacial score (nSPS) is 10.8. The fourth-order valence-corrected chi connectivity index (χ4v) is 2.42. The van der Waals surface area contributed by atoms with Crippen LogP contribution in [0.25, 0.3) is 10.9 Å². The average Bonchev–Trinajstić information content (AvgIpc) is 2.39. The first-order chi connectivity index (χ1) is 9.52. The second-order valence-corrected chi connectivity index (χ2v) is 5.25. The molecule has 0 aliphatic rings. The number of rotatable bonds is 4. The van der Waals surface area contributed by atoms with Crippen molar-refractivity contribution >= 4 is 22.3 Å². The van der Waals surface area contributed by atoms with Crippen molar-refractivity contribution in [3.63, 3.8) is 0 Å². The summed E-state index contributed by atoms with van der Waals surface area (Å²) in [5.41, 5.74) is 9.65. The van der Waals surface area contributed by atoms with Crippen molar-refractivity contribution in [3.05, 3.63) is 30.0 Å². The lowest BCUT2D eigenvalue weighted by atomic mass is 10.1. The van der Waals surface area contributed by atoms with Gasteiger partial charge in [0, 0.05) is 35.0 Å². The molecule has 0 saturated heterocycles. The van der Waals surface area contributed by atoms with Crippen LogP contribution in [0.1, 0.15) is 26.0 Å². The topological polar surface area (TPSA) is 65.9 Å². The van der Waals surface area contributed by atoms with Gasteiger partial charge in [0.2, 0.25) is 0 Å². The molecule has 0 saturated carbocycles. The van der Waals surface area contributed by atoms with Gasteiger partial charge in [-0.25, -0.2) is 0 Å². The molecule has 2 aromatic rings. The molecule has 0 atom stereocenters. The Labute approximate surface area is 119 Å². The molecule has 4 heteroatoms. The predicted molar refractivity (Wildman–Crippen MR) is 83.6 cm³/mol. The van der Waals surface area contributed by atoms with Crippen LogP contribution in [-0.4, -0.2) is 17.6 Å². The molecular formula is C16H20N4. The minimum atomic E-state index is 0.315. The van der Waals surface area contributed by atoms with Gasteiger partial charge in [-0.2, -0.15) is 5.26 Å². The van der Waals surface area contributed by atoms with Crippen LogP contribution in [0.3, 0.4) is 0 Å². The number of nitrogens with two attached hydrogens (primary N) is 1. The van der Waals surface area contributed by atoms with Gasteiger partial charge in [-0.15, -0.1) is 0 Å². The fourth-order valence-electron chi connectivity index (χ4n) is 2.42. The number of benzene rings is 1. The highest BCUT2D eigenvalue weighted by molar-refractivity contribution is 5.94. The Balaban J connectivity index is 2.60. The highest BCUT2D eigenvalue weighted by atomic mass is 15.2. The van der Waals surface area contributed by atoms with E-state index in [-0.39, 0.29) is 0 Å². The number of nitrogen functional groups attached to an aromatic ring is 1. The third-order valence-corrected chi connectivity index (χ3v) is 3.34. The number of pyridine rings is 1. The summed E-state index contributed by atoms with van der Waals surface area (Å²) < 4.78 is 0. The standard InChI is InChI=1S/C16H20N4/c1-11(2)20(8-4-7-17)16-9-12(3)19-15-6-5-13(18)10-14(15)16/h5-6,9-11H,4,8,18H2,1-3H3. The zero-order valence-electron chi connectivity index (χ0n) is 12.2. The number of aryl methyl sites for hydroxylation is 1. The Kier molecular flexibility index (Phi) is 4.09. The number of fused-ring (bicyclic) bond motifs is 1. The zero-order chi connectivity index (χ0) is 14.7. The maximum Gasteiger partial charge on any atom is 0.0727 e. The van der Waals surface area contributed by atoms with Crippen LogP contribution in [0.15, 0.2) is 24.3 Å². The van der Waals surface area contributed by atoms with Crippen LogP contribution in [-0.2, 0) is 0 Å². The maximum atomic E-state index is 8.85. The van der Waals surface area contributed by atoms with E-state index in [0.29, 0.717) is 19.0 Å². The van der Waals surface area contributed by atoms with E-state index in [1.165, 1.54) is 0 Å². The quantitative estimate of drug-likeness (QED) is 0.864. The average molecular weight is 268 g/mol. The van der Waals surface area contributed by atoms with E-state index in [1.54, 1.807) is 0 Å². The first kappa shape index (κ1) is 14.1. The summed E-state index contributed by atoms with van der Waals surface area (Å²) in [7, 11) is 0. The van der Waals surface area contributed by atoms with E-state index >= 15 is 0 Å². The summed E-state index contributed by atoms with van der Waals surface area (Å²) in [4.78, 5) is 6.79. The molecule has 0 radical (unpaired) electrons.